The van der Waals surface area contributed by atoms with Crippen molar-refractivity contribution in [2.75, 3.05) is 4.90 Å². The quantitative estimate of drug-likeness (QED) is 0.220. The molecule has 1 atom stereocenters. The van der Waals surface area contributed by atoms with E-state index < -0.39 is 11.6 Å². The van der Waals surface area contributed by atoms with Gasteiger partial charge in [0.05, 0.1) is 5.69 Å². The number of amidine groups is 1. The summed E-state index contributed by atoms with van der Waals surface area (Å²) >= 11 is 15.8. The molecule has 0 aliphatic carbocycles. The fourth-order valence-corrected chi connectivity index (χ4v) is 4.88. The fourth-order valence-electron chi connectivity index (χ4n) is 4.10. The Hall–Kier alpha value is -2.87. The Labute approximate surface area is 215 Å². The second-order valence-corrected chi connectivity index (χ2v) is 10.1. The van der Waals surface area contributed by atoms with Gasteiger partial charge < -0.3 is 10.6 Å². The molecule has 0 aromatic heterocycles. The smallest absolute Gasteiger partial charge is 0.332 e. The lowest BCUT2D eigenvalue weighted by Crippen LogP contribution is -2.48. The molecule has 3 N–H and O–H groups in total. The molecule has 3 aromatic rings. The molecular formula is C25H21BrCl2N4O2. The first-order chi connectivity index (χ1) is 16.1. The van der Waals surface area contributed by atoms with Gasteiger partial charge in [0.2, 0.25) is 0 Å². The van der Waals surface area contributed by atoms with E-state index in [4.69, 9.17) is 34.3 Å². The predicted molar refractivity (Wildman–Crippen MR) is 139 cm³/mol. The normalized spacial score (nSPS) is 18.0. The van der Waals surface area contributed by atoms with Crippen molar-refractivity contribution in [1.82, 2.24) is 4.90 Å². The van der Waals surface area contributed by atoms with E-state index in [1.165, 1.54) is 0 Å². The van der Waals surface area contributed by atoms with Crippen LogP contribution in [0.4, 0.5) is 10.5 Å². The molecule has 1 heterocycles. The second-order valence-electron chi connectivity index (χ2n) is 8.33. The van der Waals surface area contributed by atoms with Gasteiger partial charge in [0.25, 0.3) is 5.91 Å². The van der Waals surface area contributed by atoms with E-state index in [1.54, 1.807) is 48.2 Å². The zero-order chi connectivity index (χ0) is 24.6. The zero-order valence-corrected chi connectivity index (χ0v) is 21.3. The minimum atomic E-state index is -1.17. The van der Waals surface area contributed by atoms with Crippen molar-refractivity contribution in [3.63, 3.8) is 0 Å². The number of amides is 3. The van der Waals surface area contributed by atoms with Crippen LogP contribution in [0.2, 0.25) is 10.0 Å². The molecule has 0 saturated carbocycles. The van der Waals surface area contributed by atoms with E-state index in [0.29, 0.717) is 27.7 Å². The minimum absolute atomic E-state index is 0.0708. The van der Waals surface area contributed by atoms with Crippen LogP contribution in [-0.2, 0) is 17.8 Å². The van der Waals surface area contributed by atoms with Gasteiger partial charge in [0.1, 0.15) is 11.4 Å². The van der Waals surface area contributed by atoms with Crippen molar-refractivity contribution >= 4 is 62.6 Å². The molecule has 1 fully saturated rings. The molecule has 1 aliphatic rings. The van der Waals surface area contributed by atoms with Gasteiger partial charge in [-0.15, -0.1) is 0 Å². The largest absolute Gasteiger partial charge is 0.384 e. The molecule has 174 valence electrons. The van der Waals surface area contributed by atoms with Gasteiger partial charge >= 0.3 is 6.03 Å². The third-order valence-corrected chi connectivity index (χ3v) is 6.79. The van der Waals surface area contributed by atoms with Crippen LogP contribution >= 0.6 is 39.1 Å². The standard InChI is InChI=1S/C25H21BrCl2N4O2/c1-25(13-15-5-7-18(26)8-6-15)23(33)32(21-11-19(27)10-20(28)12-21)24(34)31(25)14-16-3-2-4-17(9-16)22(29)30/h2-12H,13-14H2,1H3,(H3,29,30). The number of nitrogens with two attached hydrogens (primary N) is 1. The third-order valence-electron chi connectivity index (χ3n) is 5.83. The minimum Gasteiger partial charge on any atom is -0.384 e. The van der Waals surface area contributed by atoms with E-state index in [-0.39, 0.29) is 18.3 Å². The van der Waals surface area contributed by atoms with Crippen LogP contribution in [0.5, 0.6) is 0 Å². The molecule has 3 amide bonds. The molecular weight excluding hydrogens is 539 g/mol. The van der Waals surface area contributed by atoms with Crippen LogP contribution in [0.25, 0.3) is 0 Å². The number of anilines is 1. The van der Waals surface area contributed by atoms with Gasteiger partial charge in [0, 0.05) is 33.0 Å². The van der Waals surface area contributed by atoms with Crippen LogP contribution in [0, 0.1) is 5.41 Å². The van der Waals surface area contributed by atoms with Gasteiger partial charge in [-0.1, -0.05) is 69.5 Å². The average Bonchev–Trinajstić information content (AvgIpc) is 2.95. The maximum absolute atomic E-state index is 13.8. The molecule has 0 spiro atoms. The molecule has 9 heteroatoms. The van der Waals surface area contributed by atoms with Crippen LogP contribution in [0.3, 0.4) is 0 Å². The van der Waals surface area contributed by atoms with Gasteiger partial charge in [-0.2, -0.15) is 0 Å². The Morgan fingerprint density at radius 2 is 1.65 bits per heavy atom. The Morgan fingerprint density at radius 3 is 2.26 bits per heavy atom. The van der Waals surface area contributed by atoms with Crippen molar-refractivity contribution in [3.05, 3.63) is 97.9 Å². The summed E-state index contributed by atoms with van der Waals surface area (Å²) in [6.07, 6.45) is 0.308. The number of carbonyl (C=O) groups is 2. The van der Waals surface area contributed by atoms with Gasteiger partial charge in [-0.3, -0.25) is 10.2 Å². The molecule has 3 aromatic carbocycles. The number of urea groups is 1. The fraction of sp³-hybridized carbons (Fsp3) is 0.160. The summed E-state index contributed by atoms with van der Waals surface area (Å²) in [4.78, 5) is 30.2. The Kier molecular flexibility index (Phi) is 6.71. The highest BCUT2D eigenvalue weighted by molar-refractivity contribution is 9.10. The lowest BCUT2D eigenvalue weighted by atomic mass is 9.90. The van der Waals surface area contributed by atoms with Crippen molar-refractivity contribution in [2.45, 2.75) is 25.4 Å². The molecule has 0 bridgehead atoms. The monoisotopic (exact) mass is 558 g/mol. The van der Waals surface area contributed by atoms with E-state index in [9.17, 15) is 9.59 Å². The van der Waals surface area contributed by atoms with E-state index in [2.05, 4.69) is 15.9 Å². The topological polar surface area (TPSA) is 90.5 Å². The zero-order valence-electron chi connectivity index (χ0n) is 18.2. The number of carbonyl (C=O) groups excluding carboxylic acids is 2. The number of nitrogens with zero attached hydrogens (tertiary/aromatic N) is 2. The molecule has 1 unspecified atom stereocenters. The first-order valence-corrected chi connectivity index (χ1v) is 11.9. The molecule has 0 radical (unpaired) electrons. The lowest BCUT2D eigenvalue weighted by molar-refractivity contribution is -0.124. The van der Waals surface area contributed by atoms with Gasteiger partial charge in [-0.05, 0) is 54.4 Å². The highest BCUT2D eigenvalue weighted by atomic mass is 79.9. The molecule has 4 rings (SSSR count). The average molecular weight is 560 g/mol. The Balaban J connectivity index is 1.78. The first kappa shape index (κ1) is 24.3. The number of imide groups is 1. The number of benzene rings is 3. The number of rotatable bonds is 6. The van der Waals surface area contributed by atoms with Crippen molar-refractivity contribution in [2.24, 2.45) is 5.73 Å². The molecule has 1 saturated heterocycles. The number of nitrogen functional groups attached to an aromatic ring is 1. The molecule has 1 aliphatic heterocycles. The Morgan fingerprint density at radius 1 is 1.00 bits per heavy atom. The van der Waals surface area contributed by atoms with Crippen molar-refractivity contribution in [1.29, 1.82) is 5.41 Å². The van der Waals surface area contributed by atoms with Gasteiger partial charge in [-0.25, -0.2) is 9.69 Å². The number of hydrogen-bond acceptors (Lipinski definition) is 3. The summed E-state index contributed by atoms with van der Waals surface area (Å²) in [5.41, 5.74) is 6.99. The number of hydrogen-bond donors (Lipinski definition) is 2. The summed E-state index contributed by atoms with van der Waals surface area (Å²) in [6.45, 7) is 1.92. The highest BCUT2D eigenvalue weighted by Crippen LogP contribution is 2.38. The van der Waals surface area contributed by atoms with E-state index in [1.807, 2.05) is 30.3 Å². The molecule has 34 heavy (non-hydrogen) atoms. The summed E-state index contributed by atoms with van der Waals surface area (Å²) in [5, 5.41) is 8.37. The number of nitrogens with one attached hydrogen (secondary N) is 1. The van der Waals surface area contributed by atoms with Crippen LogP contribution in [0.15, 0.2) is 71.2 Å². The summed E-state index contributed by atoms with van der Waals surface area (Å²) < 4.78 is 0.920. The summed E-state index contributed by atoms with van der Waals surface area (Å²) in [5.74, 6) is -0.444. The SMILES string of the molecule is CC1(Cc2ccc(Br)cc2)C(=O)N(c2cc(Cl)cc(Cl)c2)C(=O)N1Cc1cccc(C(=N)N)c1. The lowest BCUT2D eigenvalue weighted by Gasteiger charge is -2.32. The highest BCUT2D eigenvalue weighted by Gasteiger charge is 2.54. The Bertz CT molecular complexity index is 1280. The van der Waals surface area contributed by atoms with Crippen molar-refractivity contribution < 1.29 is 9.59 Å². The van der Waals surface area contributed by atoms with Crippen molar-refractivity contribution in [3.8, 4) is 0 Å². The van der Waals surface area contributed by atoms with Gasteiger partial charge in [0.15, 0.2) is 0 Å². The predicted octanol–water partition coefficient (Wildman–Crippen LogP) is 6.01. The van der Waals surface area contributed by atoms with E-state index >= 15 is 0 Å². The van der Waals surface area contributed by atoms with Crippen LogP contribution in [-0.4, -0.2) is 28.2 Å². The molecule has 6 nitrogen and oxygen atoms in total. The maximum Gasteiger partial charge on any atom is 0.332 e. The van der Waals surface area contributed by atoms with E-state index in [0.717, 1.165) is 20.5 Å². The maximum atomic E-state index is 13.8. The van der Waals surface area contributed by atoms with Crippen LogP contribution in [0.1, 0.15) is 23.6 Å². The summed E-state index contributed by atoms with van der Waals surface area (Å²) in [7, 11) is 0. The second kappa shape index (κ2) is 9.41. The first-order valence-electron chi connectivity index (χ1n) is 10.4. The third kappa shape index (κ3) is 4.69. The van der Waals surface area contributed by atoms with Crippen LogP contribution < -0.4 is 10.6 Å². The summed E-state index contributed by atoms with van der Waals surface area (Å²) in [6, 6.07) is 18.9. The number of halogens is 3.